The Morgan fingerprint density at radius 3 is 2.36 bits per heavy atom. The van der Waals surface area contributed by atoms with Crippen LogP contribution in [0.25, 0.3) is 0 Å². The van der Waals surface area contributed by atoms with Crippen LogP contribution in [0, 0.1) is 13.8 Å². The van der Waals surface area contributed by atoms with E-state index in [9.17, 15) is 8.42 Å². The van der Waals surface area contributed by atoms with Gasteiger partial charge in [-0.15, -0.1) is 0 Å². The summed E-state index contributed by atoms with van der Waals surface area (Å²) in [5.74, 6) is 0. The molecule has 0 saturated heterocycles. The predicted octanol–water partition coefficient (Wildman–Crippen LogP) is 1.50. The number of rotatable bonds is 4. The van der Waals surface area contributed by atoms with Crippen molar-refractivity contribution in [3.05, 3.63) is 36.8 Å². The van der Waals surface area contributed by atoms with Crippen molar-refractivity contribution in [2.24, 2.45) is 0 Å². The van der Waals surface area contributed by atoms with Crippen LogP contribution in [0.2, 0.25) is 0 Å². The number of aryl methyl sites for hydroxylation is 1. The van der Waals surface area contributed by atoms with Gasteiger partial charge in [-0.05, 0) is 25.5 Å². The van der Waals surface area contributed by atoms with Crippen molar-refractivity contribution >= 4 is 10.0 Å². The molecule has 14 heavy (non-hydrogen) atoms. The molecule has 0 atom stereocenters. The highest BCUT2D eigenvalue weighted by Crippen LogP contribution is 2.09. The van der Waals surface area contributed by atoms with Crippen molar-refractivity contribution in [3.8, 4) is 0 Å². The number of hydrogen-bond acceptors (Lipinski definition) is 2. The first-order chi connectivity index (χ1) is 6.56. The van der Waals surface area contributed by atoms with Gasteiger partial charge in [0, 0.05) is 6.54 Å². The Hall–Kier alpha value is -0.870. The van der Waals surface area contributed by atoms with Gasteiger partial charge < -0.3 is 0 Å². The molecule has 1 rings (SSSR count). The van der Waals surface area contributed by atoms with Gasteiger partial charge in [-0.1, -0.05) is 24.6 Å². The molecule has 0 amide bonds. The van der Waals surface area contributed by atoms with Gasteiger partial charge in [0.1, 0.15) is 0 Å². The molecule has 1 aromatic carbocycles. The first kappa shape index (κ1) is 11.2. The van der Waals surface area contributed by atoms with Gasteiger partial charge in [-0.3, -0.25) is 0 Å². The molecule has 4 heteroatoms. The van der Waals surface area contributed by atoms with E-state index in [0.717, 1.165) is 5.56 Å². The maximum absolute atomic E-state index is 11.6. The molecule has 0 unspecified atom stereocenters. The fourth-order valence-corrected chi connectivity index (χ4v) is 2.08. The van der Waals surface area contributed by atoms with Gasteiger partial charge in [0.05, 0.1) is 4.90 Å². The Morgan fingerprint density at radius 1 is 1.29 bits per heavy atom. The van der Waals surface area contributed by atoms with E-state index in [4.69, 9.17) is 0 Å². The van der Waals surface area contributed by atoms with Gasteiger partial charge in [0.2, 0.25) is 10.0 Å². The third-order valence-corrected chi connectivity index (χ3v) is 3.28. The number of nitrogens with one attached hydrogen (secondary N) is 1. The average Bonchev–Trinajstić information content (AvgIpc) is 2.16. The Kier molecular flexibility index (Phi) is 3.66. The summed E-state index contributed by atoms with van der Waals surface area (Å²) < 4.78 is 25.6. The molecule has 0 saturated carbocycles. The minimum Gasteiger partial charge on any atom is -0.211 e. The van der Waals surface area contributed by atoms with E-state index in [0.29, 0.717) is 17.9 Å². The molecule has 0 aliphatic rings. The summed E-state index contributed by atoms with van der Waals surface area (Å²) in [6, 6.07) is 6.75. The van der Waals surface area contributed by atoms with Crippen molar-refractivity contribution in [2.45, 2.75) is 18.2 Å². The summed E-state index contributed by atoms with van der Waals surface area (Å²) >= 11 is 0. The van der Waals surface area contributed by atoms with Crippen LogP contribution in [0.5, 0.6) is 0 Å². The van der Waals surface area contributed by atoms with E-state index < -0.39 is 10.0 Å². The van der Waals surface area contributed by atoms with E-state index in [1.165, 1.54) is 0 Å². The second kappa shape index (κ2) is 4.57. The van der Waals surface area contributed by atoms with Crippen molar-refractivity contribution in [1.82, 2.24) is 4.72 Å². The van der Waals surface area contributed by atoms with Crippen LogP contribution in [0.4, 0.5) is 0 Å². The molecular formula is C10H14NO2S. The van der Waals surface area contributed by atoms with Gasteiger partial charge >= 0.3 is 0 Å². The minimum absolute atomic E-state index is 0.302. The van der Waals surface area contributed by atoms with Crippen LogP contribution in [-0.2, 0) is 10.0 Å². The monoisotopic (exact) mass is 212 g/mol. The van der Waals surface area contributed by atoms with Crippen LogP contribution in [0.1, 0.15) is 12.0 Å². The first-order valence-electron chi connectivity index (χ1n) is 4.42. The molecule has 0 fully saturated rings. The fraction of sp³-hybridized carbons (Fsp3) is 0.300. The Morgan fingerprint density at radius 2 is 1.86 bits per heavy atom. The van der Waals surface area contributed by atoms with Gasteiger partial charge in [-0.2, -0.15) is 0 Å². The standard InChI is InChI=1S/C10H14NO2S/c1-3-8-11-14(12,13)10-6-4-9(2)5-7-10/h4-7,11H,1,3,8H2,2H3. The first-order valence-corrected chi connectivity index (χ1v) is 5.90. The highest BCUT2D eigenvalue weighted by molar-refractivity contribution is 7.89. The minimum atomic E-state index is -3.33. The zero-order chi connectivity index (χ0) is 10.6. The molecule has 0 bridgehead atoms. The molecule has 0 aliphatic carbocycles. The lowest BCUT2D eigenvalue weighted by Crippen LogP contribution is -2.24. The van der Waals surface area contributed by atoms with Crippen molar-refractivity contribution in [2.75, 3.05) is 6.54 Å². The molecule has 1 N–H and O–H groups in total. The van der Waals surface area contributed by atoms with Crippen molar-refractivity contribution in [1.29, 1.82) is 0 Å². The van der Waals surface area contributed by atoms with Crippen LogP contribution in [-0.4, -0.2) is 15.0 Å². The molecule has 0 aliphatic heterocycles. The van der Waals surface area contributed by atoms with Crippen LogP contribution in [0.15, 0.2) is 29.2 Å². The van der Waals surface area contributed by atoms with Gasteiger partial charge in [0.25, 0.3) is 0 Å². The molecule has 77 valence electrons. The number of benzene rings is 1. The summed E-state index contributed by atoms with van der Waals surface area (Å²) in [7, 11) is -3.33. The van der Waals surface area contributed by atoms with Crippen LogP contribution >= 0.6 is 0 Å². The smallest absolute Gasteiger partial charge is 0.211 e. The second-order valence-electron chi connectivity index (χ2n) is 3.06. The van der Waals surface area contributed by atoms with Crippen LogP contribution in [0.3, 0.4) is 0 Å². The lowest BCUT2D eigenvalue weighted by molar-refractivity contribution is 0.582. The Balaban J connectivity index is 2.87. The predicted molar refractivity (Wildman–Crippen MR) is 56.3 cm³/mol. The number of sulfonamides is 1. The Labute approximate surface area is 85.2 Å². The fourth-order valence-electron chi connectivity index (χ4n) is 1.01. The van der Waals surface area contributed by atoms with Crippen molar-refractivity contribution in [3.63, 3.8) is 0 Å². The lowest BCUT2D eigenvalue weighted by Gasteiger charge is -2.05. The highest BCUT2D eigenvalue weighted by Gasteiger charge is 2.11. The molecule has 0 heterocycles. The summed E-state index contributed by atoms with van der Waals surface area (Å²) in [6.07, 6.45) is 0.547. The maximum Gasteiger partial charge on any atom is 0.240 e. The highest BCUT2D eigenvalue weighted by atomic mass is 32.2. The van der Waals surface area contributed by atoms with E-state index >= 15 is 0 Å². The van der Waals surface area contributed by atoms with Gasteiger partial charge in [-0.25, -0.2) is 13.1 Å². The molecule has 1 aromatic rings. The SMILES string of the molecule is [CH2]CCNS(=O)(=O)c1ccc(C)cc1. The second-order valence-corrected chi connectivity index (χ2v) is 4.83. The number of hydrogen-bond donors (Lipinski definition) is 1. The Bertz CT molecular complexity index is 381. The molecule has 3 nitrogen and oxygen atoms in total. The van der Waals surface area contributed by atoms with Crippen molar-refractivity contribution < 1.29 is 8.42 Å². The molecule has 0 spiro atoms. The van der Waals surface area contributed by atoms with Gasteiger partial charge in [0.15, 0.2) is 0 Å². The van der Waals surface area contributed by atoms with E-state index in [1.54, 1.807) is 24.3 Å². The van der Waals surface area contributed by atoms with E-state index in [-0.39, 0.29) is 0 Å². The summed E-state index contributed by atoms with van der Waals surface area (Å²) in [6.45, 7) is 5.86. The molecule has 0 aromatic heterocycles. The third-order valence-electron chi connectivity index (χ3n) is 1.80. The zero-order valence-corrected chi connectivity index (χ0v) is 8.97. The van der Waals surface area contributed by atoms with E-state index in [2.05, 4.69) is 11.6 Å². The average molecular weight is 212 g/mol. The lowest BCUT2D eigenvalue weighted by atomic mass is 10.2. The molecular weight excluding hydrogens is 198 g/mol. The quantitative estimate of drug-likeness (QED) is 0.822. The third kappa shape index (κ3) is 2.82. The summed E-state index contributed by atoms with van der Waals surface area (Å²) in [5.41, 5.74) is 1.04. The topological polar surface area (TPSA) is 46.2 Å². The summed E-state index contributed by atoms with van der Waals surface area (Å²) in [5, 5.41) is 0. The molecule has 1 radical (unpaired) electrons. The zero-order valence-electron chi connectivity index (χ0n) is 8.16. The maximum atomic E-state index is 11.6. The summed E-state index contributed by atoms with van der Waals surface area (Å²) in [4.78, 5) is 0.302. The largest absolute Gasteiger partial charge is 0.240 e. The van der Waals surface area contributed by atoms with Crippen LogP contribution < -0.4 is 4.72 Å². The normalized spacial score (nSPS) is 11.6. The van der Waals surface area contributed by atoms with E-state index in [1.807, 2.05) is 6.92 Å².